The number of fused-ring (bicyclic) bond motifs is 1. The van der Waals surface area contributed by atoms with E-state index in [9.17, 15) is 0 Å². The van der Waals surface area contributed by atoms with Crippen molar-refractivity contribution in [1.29, 1.82) is 0 Å². The molecule has 1 aliphatic heterocycles. The van der Waals surface area contributed by atoms with Gasteiger partial charge in [-0.25, -0.2) is 4.68 Å². The van der Waals surface area contributed by atoms with Crippen LogP contribution in [0.15, 0.2) is 24.3 Å². The quantitative estimate of drug-likeness (QED) is 0.874. The zero-order valence-electron chi connectivity index (χ0n) is 11.1. The van der Waals surface area contributed by atoms with Crippen molar-refractivity contribution in [3.05, 3.63) is 41.2 Å². The second-order valence-electron chi connectivity index (χ2n) is 4.98. The summed E-state index contributed by atoms with van der Waals surface area (Å²) in [6.07, 6.45) is 1.75. The maximum absolute atomic E-state index is 5.57. The van der Waals surface area contributed by atoms with Crippen LogP contribution in [0.2, 0.25) is 0 Å². The van der Waals surface area contributed by atoms with E-state index in [4.69, 9.17) is 5.73 Å². The smallest absolute Gasteiger partial charge is 0.221 e. The van der Waals surface area contributed by atoms with E-state index < -0.39 is 0 Å². The average Bonchev–Trinajstić information content (AvgIpc) is 2.81. The summed E-state index contributed by atoms with van der Waals surface area (Å²) in [7, 11) is 0. The first-order chi connectivity index (χ1) is 9.28. The predicted octanol–water partition coefficient (Wildman–Crippen LogP) is 1.49. The van der Waals surface area contributed by atoms with Crippen LogP contribution >= 0.6 is 0 Å². The summed E-state index contributed by atoms with van der Waals surface area (Å²) in [4.78, 5) is 4.50. The van der Waals surface area contributed by atoms with Gasteiger partial charge in [-0.15, -0.1) is 0 Å². The van der Waals surface area contributed by atoms with E-state index in [1.807, 2.05) is 4.68 Å². The van der Waals surface area contributed by atoms with Gasteiger partial charge in [0.1, 0.15) is 0 Å². The van der Waals surface area contributed by atoms with E-state index in [-0.39, 0.29) is 6.04 Å². The van der Waals surface area contributed by atoms with Crippen molar-refractivity contribution in [3.8, 4) is 0 Å². The molecule has 3 N–H and O–H groups in total. The zero-order valence-corrected chi connectivity index (χ0v) is 11.1. The fourth-order valence-corrected chi connectivity index (χ4v) is 2.57. The predicted molar refractivity (Wildman–Crippen MR) is 75.2 cm³/mol. The standard InChI is InChI=1S/C14H19N5/c1-10-3-2-4-11(9-10)12-6-8-16-14-17-13(5-7-15)18-19(12)14/h2-4,9,12H,5-8,15H2,1H3,(H,16,17,18). The highest BCUT2D eigenvalue weighted by molar-refractivity contribution is 5.34. The van der Waals surface area contributed by atoms with Crippen molar-refractivity contribution >= 4 is 5.95 Å². The molecule has 0 fully saturated rings. The molecular weight excluding hydrogens is 238 g/mol. The highest BCUT2D eigenvalue weighted by Gasteiger charge is 2.24. The van der Waals surface area contributed by atoms with Gasteiger partial charge in [0.25, 0.3) is 0 Å². The van der Waals surface area contributed by atoms with Gasteiger partial charge in [0.2, 0.25) is 5.95 Å². The number of aromatic nitrogens is 3. The Morgan fingerprint density at radius 2 is 2.37 bits per heavy atom. The van der Waals surface area contributed by atoms with Crippen molar-refractivity contribution in [2.24, 2.45) is 5.73 Å². The molecule has 19 heavy (non-hydrogen) atoms. The number of nitrogens with two attached hydrogens (primary N) is 1. The lowest BCUT2D eigenvalue weighted by atomic mass is 10.0. The summed E-state index contributed by atoms with van der Waals surface area (Å²) in [5.41, 5.74) is 8.15. The van der Waals surface area contributed by atoms with Gasteiger partial charge in [-0.1, -0.05) is 29.8 Å². The van der Waals surface area contributed by atoms with Crippen molar-refractivity contribution < 1.29 is 0 Å². The Morgan fingerprint density at radius 1 is 1.47 bits per heavy atom. The molecule has 0 saturated carbocycles. The van der Waals surface area contributed by atoms with Crippen molar-refractivity contribution in [3.63, 3.8) is 0 Å². The van der Waals surface area contributed by atoms with Gasteiger partial charge in [0.15, 0.2) is 5.82 Å². The highest BCUT2D eigenvalue weighted by atomic mass is 15.4. The molecule has 1 unspecified atom stereocenters. The maximum atomic E-state index is 5.57. The van der Waals surface area contributed by atoms with Gasteiger partial charge < -0.3 is 11.1 Å². The summed E-state index contributed by atoms with van der Waals surface area (Å²) in [5.74, 6) is 1.69. The first-order valence-corrected chi connectivity index (χ1v) is 6.74. The molecular formula is C14H19N5. The Balaban J connectivity index is 1.97. The number of nitrogens with zero attached hydrogens (tertiary/aromatic N) is 3. The highest BCUT2D eigenvalue weighted by Crippen LogP contribution is 2.28. The third-order valence-electron chi connectivity index (χ3n) is 3.47. The second-order valence-corrected chi connectivity index (χ2v) is 4.98. The number of benzene rings is 1. The van der Waals surface area contributed by atoms with E-state index in [1.54, 1.807) is 0 Å². The fourth-order valence-electron chi connectivity index (χ4n) is 2.57. The van der Waals surface area contributed by atoms with Crippen molar-refractivity contribution in [2.45, 2.75) is 25.8 Å². The molecule has 1 atom stereocenters. The molecule has 0 aliphatic carbocycles. The molecule has 0 amide bonds. The molecule has 1 aromatic heterocycles. The van der Waals surface area contributed by atoms with Gasteiger partial charge in [0.05, 0.1) is 6.04 Å². The minimum atomic E-state index is 0.273. The topological polar surface area (TPSA) is 68.8 Å². The van der Waals surface area contributed by atoms with Crippen LogP contribution in [-0.2, 0) is 6.42 Å². The Labute approximate surface area is 112 Å². The molecule has 0 radical (unpaired) electrons. The van der Waals surface area contributed by atoms with Crippen LogP contribution in [0.4, 0.5) is 5.95 Å². The van der Waals surface area contributed by atoms with Crippen LogP contribution in [0.5, 0.6) is 0 Å². The molecule has 0 saturated heterocycles. The molecule has 3 rings (SSSR count). The molecule has 0 bridgehead atoms. The first kappa shape index (κ1) is 12.2. The van der Waals surface area contributed by atoms with Crippen LogP contribution in [0.3, 0.4) is 0 Å². The molecule has 5 heteroatoms. The van der Waals surface area contributed by atoms with Crippen molar-refractivity contribution in [1.82, 2.24) is 14.8 Å². The molecule has 1 aromatic carbocycles. The number of hydrogen-bond donors (Lipinski definition) is 2. The molecule has 0 spiro atoms. The van der Waals surface area contributed by atoms with Crippen LogP contribution in [-0.4, -0.2) is 27.9 Å². The van der Waals surface area contributed by atoms with E-state index in [1.165, 1.54) is 11.1 Å². The Bertz CT molecular complexity index is 575. The minimum Gasteiger partial charge on any atom is -0.354 e. The Morgan fingerprint density at radius 3 is 3.16 bits per heavy atom. The fraction of sp³-hybridized carbons (Fsp3) is 0.429. The summed E-state index contributed by atoms with van der Waals surface area (Å²) in [5, 5.41) is 7.90. The molecule has 100 valence electrons. The van der Waals surface area contributed by atoms with E-state index in [0.717, 1.165) is 31.2 Å². The number of anilines is 1. The third kappa shape index (κ3) is 2.33. The third-order valence-corrected chi connectivity index (χ3v) is 3.47. The number of hydrogen-bond acceptors (Lipinski definition) is 4. The van der Waals surface area contributed by atoms with Gasteiger partial charge >= 0.3 is 0 Å². The SMILES string of the molecule is Cc1cccc(C2CCNc3nc(CCN)nn32)c1. The van der Waals surface area contributed by atoms with E-state index >= 15 is 0 Å². The summed E-state index contributed by atoms with van der Waals surface area (Å²) in [6, 6.07) is 8.88. The molecule has 2 heterocycles. The first-order valence-electron chi connectivity index (χ1n) is 6.74. The van der Waals surface area contributed by atoms with Gasteiger partial charge in [-0.05, 0) is 25.5 Å². The molecule has 2 aromatic rings. The summed E-state index contributed by atoms with van der Waals surface area (Å²) >= 11 is 0. The van der Waals surface area contributed by atoms with Gasteiger partial charge in [0, 0.05) is 13.0 Å². The minimum absolute atomic E-state index is 0.273. The molecule has 5 nitrogen and oxygen atoms in total. The van der Waals surface area contributed by atoms with E-state index in [2.05, 4.69) is 46.6 Å². The van der Waals surface area contributed by atoms with Crippen LogP contribution in [0, 0.1) is 6.92 Å². The second kappa shape index (κ2) is 5.01. The lowest BCUT2D eigenvalue weighted by Gasteiger charge is -2.24. The normalized spacial score (nSPS) is 17.9. The number of nitrogens with one attached hydrogen (secondary N) is 1. The largest absolute Gasteiger partial charge is 0.354 e. The van der Waals surface area contributed by atoms with Crippen LogP contribution in [0.25, 0.3) is 0 Å². The number of aryl methyl sites for hydroxylation is 1. The van der Waals surface area contributed by atoms with Crippen molar-refractivity contribution in [2.75, 3.05) is 18.4 Å². The Kier molecular flexibility index (Phi) is 3.21. The lowest BCUT2D eigenvalue weighted by molar-refractivity contribution is 0.477. The van der Waals surface area contributed by atoms with E-state index in [0.29, 0.717) is 6.54 Å². The van der Waals surface area contributed by atoms with Crippen LogP contribution in [0.1, 0.15) is 29.4 Å². The Hall–Kier alpha value is -1.88. The van der Waals surface area contributed by atoms with Crippen LogP contribution < -0.4 is 11.1 Å². The lowest BCUT2D eigenvalue weighted by Crippen LogP contribution is -2.24. The summed E-state index contributed by atoms with van der Waals surface area (Å²) in [6.45, 7) is 3.63. The monoisotopic (exact) mass is 257 g/mol. The van der Waals surface area contributed by atoms with Gasteiger partial charge in [-0.3, -0.25) is 0 Å². The molecule has 1 aliphatic rings. The number of rotatable bonds is 3. The summed E-state index contributed by atoms with van der Waals surface area (Å²) < 4.78 is 2.00. The van der Waals surface area contributed by atoms with Gasteiger partial charge in [-0.2, -0.15) is 10.1 Å². The average molecular weight is 257 g/mol. The maximum Gasteiger partial charge on any atom is 0.221 e. The zero-order chi connectivity index (χ0) is 13.2.